The van der Waals surface area contributed by atoms with E-state index in [4.69, 9.17) is 14.7 Å². The number of benzene rings is 2. The van der Waals surface area contributed by atoms with Crippen molar-refractivity contribution in [3.63, 3.8) is 0 Å². The molecule has 0 aliphatic carbocycles. The van der Waals surface area contributed by atoms with Gasteiger partial charge in [-0.1, -0.05) is 54.5 Å². The minimum absolute atomic E-state index is 0.145. The molecule has 0 radical (unpaired) electrons. The number of anilines is 1. The minimum Gasteiger partial charge on any atom is -0.379 e. The first-order valence-corrected chi connectivity index (χ1v) is 10.8. The molecule has 3 N–H and O–H groups in total. The molecule has 7 nitrogen and oxygen atoms in total. The van der Waals surface area contributed by atoms with E-state index in [2.05, 4.69) is 20.7 Å². The van der Waals surface area contributed by atoms with E-state index in [-0.39, 0.29) is 17.7 Å². The molecule has 0 amide bonds. The molecular weight excluding hydrogens is 409 g/mol. The number of guanidine groups is 1. The second kappa shape index (κ2) is 10.4. The number of hydrogen-bond acceptors (Lipinski definition) is 5. The summed E-state index contributed by atoms with van der Waals surface area (Å²) in [6.45, 7) is 6.79. The SMILES string of the molecule is CC(c1ccc(-c2ccccc2)c(F)c1)c1cc(NC(=N)NCCN2CCOCC2)on1. The molecule has 1 saturated heterocycles. The summed E-state index contributed by atoms with van der Waals surface area (Å²) in [5, 5.41) is 18.1. The molecule has 8 heteroatoms. The van der Waals surface area contributed by atoms with Crippen LogP contribution in [0.5, 0.6) is 0 Å². The molecule has 0 saturated carbocycles. The number of halogens is 1. The predicted octanol–water partition coefficient (Wildman–Crippen LogP) is 3.90. The Kier molecular flexibility index (Phi) is 7.14. The van der Waals surface area contributed by atoms with Gasteiger partial charge in [0.15, 0.2) is 5.96 Å². The van der Waals surface area contributed by atoms with Crippen LogP contribution in [-0.2, 0) is 4.74 Å². The van der Waals surface area contributed by atoms with Gasteiger partial charge in [-0.05, 0) is 17.2 Å². The highest BCUT2D eigenvalue weighted by atomic mass is 19.1. The lowest BCUT2D eigenvalue weighted by atomic mass is 9.95. The molecule has 2 aromatic carbocycles. The van der Waals surface area contributed by atoms with E-state index >= 15 is 0 Å². The molecular formula is C24H28FN5O2. The molecule has 1 aliphatic rings. The van der Waals surface area contributed by atoms with Gasteiger partial charge in [0.1, 0.15) is 5.82 Å². The largest absolute Gasteiger partial charge is 0.379 e. The Bertz CT molecular complexity index is 1030. The summed E-state index contributed by atoms with van der Waals surface area (Å²) >= 11 is 0. The zero-order valence-electron chi connectivity index (χ0n) is 18.1. The molecule has 168 valence electrons. The molecule has 32 heavy (non-hydrogen) atoms. The zero-order chi connectivity index (χ0) is 22.3. The molecule has 0 bridgehead atoms. The van der Waals surface area contributed by atoms with Crippen molar-refractivity contribution in [2.75, 3.05) is 44.7 Å². The summed E-state index contributed by atoms with van der Waals surface area (Å²) in [7, 11) is 0. The molecule has 1 fully saturated rings. The maximum absolute atomic E-state index is 14.7. The van der Waals surface area contributed by atoms with Crippen LogP contribution >= 0.6 is 0 Å². The fourth-order valence-corrected chi connectivity index (χ4v) is 3.71. The van der Waals surface area contributed by atoms with E-state index in [1.807, 2.05) is 43.3 Å². The van der Waals surface area contributed by atoms with Crippen LogP contribution in [0.3, 0.4) is 0 Å². The number of hydrogen-bond donors (Lipinski definition) is 3. The van der Waals surface area contributed by atoms with Crippen LogP contribution < -0.4 is 10.6 Å². The van der Waals surface area contributed by atoms with Crippen LogP contribution in [0, 0.1) is 11.2 Å². The van der Waals surface area contributed by atoms with Gasteiger partial charge in [0.25, 0.3) is 0 Å². The Morgan fingerprint density at radius 2 is 1.94 bits per heavy atom. The lowest BCUT2D eigenvalue weighted by Crippen LogP contribution is -2.42. The van der Waals surface area contributed by atoms with Gasteiger partial charge in [-0.15, -0.1) is 0 Å². The molecule has 0 spiro atoms. The van der Waals surface area contributed by atoms with Gasteiger partial charge in [-0.2, -0.15) is 0 Å². The first-order chi connectivity index (χ1) is 15.6. The number of ether oxygens (including phenoxy) is 1. The Labute approximate surface area is 187 Å². The van der Waals surface area contributed by atoms with Crippen molar-refractivity contribution in [2.24, 2.45) is 0 Å². The van der Waals surface area contributed by atoms with Gasteiger partial charge in [-0.25, -0.2) is 4.39 Å². The van der Waals surface area contributed by atoms with E-state index in [0.717, 1.165) is 44.0 Å². The van der Waals surface area contributed by atoms with E-state index < -0.39 is 0 Å². The van der Waals surface area contributed by atoms with Gasteiger partial charge in [0.2, 0.25) is 5.88 Å². The number of morpholine rings is 1. The van der Waals surface area contributed by atoms with Crippen molar-refractivity contribution in [3.05, 3.63) is 71.7 Å². The standard InChI is InChI=1S/C24H28FN5O2/c1-17(19-7-8-20(21(25)15-19)18-5-3-2-4-6-18)22-16-23(32-29-22)28-24(26)27-9-10-30-11-13-31-14-12-30/h2-8,15-17H,9-14H2,1H3,(H3,26,27,28). The van der Waals surface area contributed by atoms with Crippen LogP contribution in [0.15, 0.2) is 59.1 Å². The van der Waals surface area contributed by atoms with Crippen LogP contribution in [0.25, 0.3) is 11.1 Å². The summed E-state index contributed by atoms with van der Waals surface area (Å²) in [5.74, 6) is 0.0923. The van der Waals surface area contributed by atoms with E-state index in [9.17, 15) is 4.39 Å². The maximum Gasteiger partial charge on any atom is 0.231 e. The Balaban J connectivity index is 1.32. The van der Waals surface area contributed by atoms with Crippen molar-refractivity contribution in [2.45, 2.75) is 12.8 Å². The molecule has 1 aliphatic heterocycles. The van der Waals surface area contributed by atoms with E-state index in [0.29, 0.717) is 23.7 Å². The van der Waals surface area contributed by atoms with Gasteiger partial charge < -0.3 is 14.6 Å². The molecule has 4 rings (SSSR count). The third-order valence-corrected chi connectivity index (χ3v) is 5.63. The quantitative estimate of drug-likeness (QED) is 0.384. The number of rotatable bonds is 7. The van der Waals surface area contributed by atoms with Gasteiger partial charge in [-0.3, -0.25) is 15.6 Å². The van der Waals surface area contributed by atoms with Crippen LogP contribution in [0.1, 0.15) is 24.1 Å². The van der Waals surface area contributed by atoms with Gasteiger partial charge >= 0.3 is 0 Å². The van der Waals surface area contributed by atoms with Crippen molar-refractivity contribution >= 4 is 11.8 Å². The lowest BCUT2D eigenvalue weighted by molar-refractivity contribution is 0.0389. The third kappa shape index (κ3) is 5.52. The summed E-state index contributed by atoms with van der Waals surface area (Å²) in [4.78, 5) is 2.29. The second-order valence-corrected chi connectivity index (χ2v) is 7.82. The average molecular weight is 438 g/mol. The molecule has 1 atom stereocenters. The van der Waals surface area contributed by atoms with Crippen LogP contribution in [-0.4, -0.2) is 55.4 Å². The predicted molar refractivity (Wildman–Crippen MR) is 122 cm³/mol. The van der Waals surface area contributed by atoms with Crippen molar-refractivity contribution in [3.8, 4) is 11.1 Å². The third-order valence-electron chi connectivity index (χ3n) is 5.63. The first kappa shape index (κ1) is 22.0. The number of aromatic nitrogens is 1. The lowest BCUT2D eigenvalue weighted by Gasteiger charge is -2.26. The number of nitrogens with one attached hydrogen (secondary N) is 3. The van der Waals surface area contributed by atoms with Crippen LogP contribution in [0.4, 0.5) is 10.3 Å². The zero-order valence-corrected chi connectivity index (χ0v) is 18.1. The second-order valence-electron chi connectivity index (χ2n) is 7.82. The van der Waals surface area contributed by atoms with Crippen LogP contribution in [0.2, 0.25) is 0 Å². The Hall–Kier alpha value is -3.23. The highest BCUT2D eigenvalue weighted by Crippen LogP contribution is 2.29. The van der Waals surface area contributed by atoms with Gasteiger partial charge in [0.05, 0.1) is 18.9 Å². The normalized spacial score (nSPS) is 15.3. The monoisotopic (exact) mass is 437 g/mol. The summed E-state index contributed by atoms with van der Waals surface area (Å²) in [6, 6.07) is 16.5. The first-order valence-electron chi connectivity index (χ1n) is 10.8. The van der Waals surface area contributed by atoms with E-state index in [1.165, 1.54) is 0 Å². The fourth-order valence-electron chi connectivity index (χ4n) is 3.71. The highest BCUT2D eigenvalue weighted by Gasteiger charge is 2.17. The summed E-state index contributed by atoms with van der Waals surface area (Å²) < 4.78 is 25.4. The molecule has 3 aromatic rings. The van der Waals surface area contributed by atoms with Crippen molar-refractivity contribution in [1.29, 1.82) is 5.41 Å². The Morgan fingerprint density at radius 1 is 1.16 bits per heavy atom. The van der Waals surface area contributed by atoms with Gasteiger partial charge in [0, 0.05) is 43.7 Å². The molecule has 2 heterocycles. The van der Waals surface area contributed by atoms with E-state index in [1.54, 1.807) is 18.2 Å². The smallest absolute Gasteiger partial charge is 0.231 e. The fraction of sp³-hybridized carbons (Fsp3) is 0.333. The maximum atomic E-state index is 14.7. The topological polar surface area (TPSA) is 86.4 Å². The van der Waals surface area contributed by atoms with Crippen molar-refractivity contribution in [1.82, 2.24) is 15.4 Å². The minimum atomic E-state index is -0.270. The van der Waals surface area contributed by atoms with Crippen molar-refractivity contribution < 1.29 is 13.7 Å². The Morgan fingerprint density at radius 3 is 2.69 bits per heavy atom. The summed E-state index contributed by atoms with van der Waals surface area (Å²) in [6.07, 6.45) is 0. The number of nitrogens with zero attached hydrogens (tertiary/aromatic N) is 2. The highest BCUT2D eigenvalue weighted by molar-refractivity contribution is 5.89. The summed E-state index contributed by atoms with van der Waals surface area (Å²) in [5.41, 5.74) is 2.89. The average Bonchev–Trinajstić information content (AvgIpc) is 3.28. The molecule has 1 unspecified atom stereocenters. The molecule has 1 aromatic heterocycles.